The molecule has 2 aromatic heterocycles. The lowest BCUT2D eigenvalue weighted by Gasteiger charge is -2.10. The summed E-state index contributed by atoms with van der Waals surface area (Å²) in [5.41, 5.74) is 2.06. The van der Waals surface area contributed by atoms with Gasteiger partial charge in [0.15, 0.2) is 12.4 Å². The number of rotatable bonds is 6. The maximum atomic E-state index is 5.77. The molecule has 0 aliphatic heterocycles. The van der Waals surface area contributed by atoms with E-state index in [0.717, 1.165) is 16.9 Å². The zero-order chi connectivity index (χ0) is 18.7. The van der Waals surface area contributed by atoms with Gasteiger partial charge in [-0.1, -0.05) is 49.8 Å². The van der Waals surface area contributed by atoms with Gasteiger partial charge in [0.25, 0.3) is 11.1 Å². The van der Waals surface area contributed by atoms with E-state index in [1.807, 2.05) is 52.8 Å². The molecule has 26 heavy (non-hydrogen) atoms. The van der Waals surface area contributed by atoms with E-state index in [9.17, 15) is 0 Å². The van der Waals surface area contributed by atoms with Crippen LogP contribution in [0.4, 0.5) is 0 Å². The van der Waals surface area contributed by atoms with Crippen molar-refractivity contribution in [2.24, 2.45) is 0 Å². The second-order valence-electron chi connectivity index (χ2n) is 7.07. The Labute approximate surface area is 156 Å². The molecule has 0 saturated heterocycles. The first-order chi connectivity index (χ1) is 12.3. The largest absolute Gasteiger partial charge is 0.484 e. The third kappa shape index (κ3) is 4.63. The first-order valence-electron chi connectivity index (χ1n) is 8.29. The van der Waals surface area contributed by atoms with Crippen LogP contribution >= 0.6 is 11.8 Å². The molecule has 0 aliphatic carbocycles. The Morgan fingerprint density at radius 3 is 2.65 bits per heavy atom. The van der Waals surface area contributed by atoms with Crippen molar-refractivity contribution in [3.63, 3.8) is 0 Å². The second-order valence-corrected chi connectivity index (χ2v) is 8.00. The smallest absolute Gasteiger partial charge is 0.277 e. The normalized spacial score (nSPS) is 11.7. The van der Waals surface area contributed by atoms with Gasteiger partial charge < -0.3 is 13.7 Å². The first-order valence-corrected chi connectivity index (χ1v) is 9.28. The summed E-state index contributed by atoms with van der Waals surface area (Å²) in [6, 6.07) is 6.06. The van der Waals surface area contributed by atoms with Crippen LogP contribution in [0, 0.1) is 13.8 Å². The monoisotopic (exact) mass is 374 g/mol. The standard InChI is InChI=1S/C18H22N4O3S/c1-11-6-7-12(2)13(8-11)23-9-14-20-21-17(24-14)26-10-15-19-16(22-25-15)18(3,4)5/h6-8H,9-10H2,1-5H3. The minimum absolute atomic E-state index is 0.144. The average molecular weight is 374 g/mol. The zero-order valence-electron chi connectivity index (χ0n) is 15.6. The average Bonchev–Trinajstić information content (AvgIpc) is 3.22. The van der Waals surface area contributed by atoms with E-state index in [1.165, 1.54) is 11.8 Å². The van der Waals surface area contributed by atoms with E-state index < -0.39 is 0 Å². The van der Waals surface area contributed by atoms with Crippen LogP contribution in [0.15, 0.2) is 32.4 Å². The molecule has 0 saturated carbocycles. The number of thioether (sulfide) groups is 1. The number of hydrogen-bond acceptors (Lipinski definition) is 8. The third-order valence-corrected chi connectivity index (χ3v) is 4.40. The lowest BCUT2D eigenvalue weighted by molar-refractivity contribution is 0.250. The van der Waals surface area contributed by atoms with Crippen LogP contribution in [-0.2, 0) is 17.8 Å². The predicted octanol–water partition coefficient (Wildman–Crippen LogP) is 4.24. The summed E-state index contributed by atoms with van der Waals surface area (Å²) in [5, 5.41) is 12.5. The van der Waals surface area contributed by atoms with Crippen molar-refractivity contribution in [3.05, 3.63) is 46.9 Å². The summed E-state index contributed by atoms with van der Waals surface area (Å²) in [4.78, 5) is 4.38. The van der Waals surface area contributed by atoms with Gasteiger partial charge in [0.05, 0.1) is 5.75 Å². The van der Waals surface area contributed by atoms with E-state index in [1.54, 1.807) is 0 Å². The summed E-state index contributed by atoms with van der Waals surface area (Å²) < 4.78 is 16.6. The Morgan fingerprint density at radius 2 is 1.92 bits per heavy atom. The Balaban J connectivity index is 1.55. The van der Waals surface area contributed by atoms with Gasteiger partial charge in [-0.25, -0.2) is 0 Å². The van der Waals surface area contributed by atoms with Crippen LogP contribution in [0.5, 0.6) is 5.75 Å². The molecule has 2 heterocycles. The van der Waals surface area contributed by atoms with Gasteiger partial charge in [0.1, 0.15) is 5.75 Å². The Kier molecular flexibility index (Phi) is 5.31. The highest BCUT2D eigenvalue weighted by Gasteiger charge is 2.21. The van der Waals surface area contributed by atoms with E-state index in [4.69, 9.17) is 13.7 Å². The lowest BCUT2D eigenvalue weighted by atomic mass is 9.96. The Bertz CT molecular complexity index is 883. The molecule has 3 aromatic rings. The predicted molar refractivity (Wildman–Crippen MR) is 97.1 cm³/mol. The minimum atomic E-state index is -0.144. The summed E-state index contributed by atoms with van der Waals surface area (Å²) >= 11 is 1.35. The summed E-state index contributed by atoms with van der Waals surface area (Å²) in [6.07, 6.45) is 0. The van der Waals surface area contributed by atoms with Crippen LogP contribution < -0.4 is 4.74 Å². The van der Waals surface area contributed by atoms with Crippen LogP contribution in [-0.4, -0.2) is 20.3 Å². The van der Waals surface area contributed by atoms with Gasteiger partial charge in [-0.05, 0) is 31.0 Å². The van der Waals surface area contributed by atoms with Crippen molar-refractivity contribution in [2.45, 2.75) is 57.6 Å². The van der Waals surface area contributed by atoms with Gasteiger partial charge >= 0.3 is 0 Å². The molecule has 0 spiro atoms. The van der Waals surface area contributed by atoms with Crippen molar-refractivity contribution < 1.29 is 13.7 Å². The maximum Gasteiger partial charge on any atom is 0.277 e. The number of ether oxygens (including phenoxy) is 1. The van der Waals surface area contributed by atoms with Crippen LogP contribution in [0.3, 0.4) is 0 Å². The minimum Gasteiger partial charge on any atom is -0.484 e. The van der Waals surface area contributed by atoms with E-state index >= 15 is 0 Å². The zero-order valence-corrected chi connectivity index (χ0v) is 16.4. The topological polar surface area (TPSA) is 87.1 Å². The van der Waals surface area contributed by atoms with Gasteiger partial charge in [-0.3, -0.25) is 0 Å². The fourth-order valence-corrected chi connectivity index (χ4v) is 2.72. The number of hydrogen-bond donors (Lipinski definition) is 0. The van der Waals surface area contributed by atoms with E-state index in [2.05, 4.69) is 20.3 Å². The highest BCUT2D eigenvalue weighted by atomic mass is 32.2. The number of aryl methyl sites for hydroxylation is 2. The molecule has 0 atom stereocenters. The Hall–Kier alpha value is -2.35. The second kappa shape index (κ2) is 7.49. The van der Waals surface area contributed by atoms with Crippen molar-refractivity contribution in [2.75, 3.05) is 0 Å². The van der Waals surface area contributed by atoms with Gasteiger partial charge in [-0.2, -0.15) is 4.98 Å². The molecule has 0 bridgehead atoms. The molecular formula is C18H22N4O3S. The van der Waals surface area contributed by atoms with Crippen molar-refractivity contribution in [3.8, 4) is 5.75 Å². The van der Waals surface area contributed by atoms with E-state index in [0.29, 0.717) is 28.6 Å². The molecule has 0 radical (unpaired) electrons. The molecule has 7 nitrogen and oxygen atoms in total. The summed E-state index contributed by atoms with van der Waals surface area (Å²) in [5.74, 6) is 2.93. The number of nitrogens with zero attached hydrogens (tertiary/aromatic N) is 4. The van der Waals surface area contributed by atoms with Crippen molar-refractivity contribution >= 4 is 11.8 Å². The van der Waals surface area contributed by atoms with Crippen LogP contribution in [0.2, 0.25) is 0 Å². The molecule has 0 fully saturated rings. The quantitative estimate of drug-likeness (QED) is 0.592. The SMILES string of the molecule is Cc1ccc(C)c(OCc2nnc(SCc3nc(C(C)(C)C)no3)o2)c1. The molecular weight excluding hydrogens is 352 g/mol. The lowest BCUT2D eigenvalue weighted by Crippen LogP contribution is -2.13. The van der Waals surface area contributed by atoms with Gasteiger partial charge in [-0.15, -0.1) is 10.2 Å². The summed E-state index contributed by atoms with van der Waals surface area (Å²) in [7, 11) is 0. The van der Waals surface area contributed by atoms with E-state index in [-0.39, 0.29) is 12.0 Å². The van der Waals surface area contributed by atoms with Crippen molar-refractivity contribution in [1.82, 2.24) is 20.3 Å². The summed E-state index contributed by atoms with van der Waals surface area (Å²) in [6.45, 7) is 10.4. The molecule has 1 aromatic carbocycles. The number of benzene rings is 1. The van der Waals surface area contributed by atoms with Crippen LogP contribution in [0.25, 0.3) is 0 Å². The molecule has 0 aliphatic rings. The molecule has 0 N–H and O–H groups in total. The highest BCUT2D eigenvalue weighted by Crippen LogP contribution is 2.24. The van der Waals surface area contributed by atoms with Gasteiger partial charge in [0, 0.05) is 5.41 Å². The van der Waals surface area contributed by atoms with Crippen LogP contribution in [0.1, 0.15) is 49.5 Å². The third-order valence-electron chi connectivity index (χ3n) is 3.60. The number of aromatic nitrogens is 4. The fourth-order valence-electron chi connectivity index (χ4n) is 2.10. The maximum absolute atomic E-state index is 5.77. The molecule has 138 valence electrons. The van der Waals surface area contributed by atoms with Crippen molar-refractivity contribution in [1.29, 1.82) is 0 Å². The molecule has 0 amide bonds. The van der Waals surface area contributed by atoms with Gasteiger partial charge in [0.2, 0.25) is 5.89 Å². The first kappa shape index (κ1) is 18.4. The molecule has 3 rings (SSSR count). The fraction of sp³-hybridized carbons (Fsp3) is 0.444. The molecule has 8 heteroatoms. The molecule has 0 unspecified atom stereocenters. The highest BCUT2D eigenvalue weighted by molar-refractivity contribution is 7.98. The Morgan fingerprint density at radius 1 is 1.12 bits per heavy atom.